The fourth-order valence-corrected chi connectivity index (χ4v) is 3.41. The third kappa shape index (κ3) is 3.43. The number of halogens is 1. The highest BCUT2D eigenvalue weighted by molar-refractivity contribution is 6.31. The minimum Gasteiger partial charge on any atom is -0.465 e. The van der Waals surface area contributed by atoms with Crippen LogP contribution in [0.15, 0.2) is 18.2 Å². The summed E-state index contributed by atoms with van der Waals surface area (Å²) in [5.74, 6) is -0.494. The molecule has 1 N–H and O–H groups in total. The summed E-state index contributed by atoms with van der Waals surface area (Å²) in [7, 11) is 1.30. The van der Waals surface area contributed by atoms with Gasteiger partial charge in [-0.25, -0.2) is 9.59 Å². The van der Waals surface area contributed by atoms with Gasteiger partial charge in [0.1, 0.15) is 0 Å². The first-order valence-electron chi connectivity index (χ1n) is 7.54. The van der Waals surface area contributed by atoms with Crippen LogP contribution in [0, 0.1) is 5.41 Å². The van der Waals surface area contributed by atoms with E-state index in [0.717, 1.165) is 26.1 Å². The van der Waals surface area contributed by atoms with Gasteiger partial charge in [-0.15, -0.1) is 0 Å². The molecule has 0 aliphatic carbocycles. The van der Waals surface area contributed by atoms with Crippen LogP contribution < -0.4 is 5.32 Å². The predicted octanol–water partition coefficient (Wildman–Crippen LogP) is 2.77. The first-order chi connectivity index (χ1) is 11.0. The van der Waals surface area contributed by atoms with Crippen molar-refractivity contribution < 1.29 is 19.1 Å². The number of hydrogen-bond acceptors (Lipinski definition) is 4. The number of nitrogens with zero attached hydrogens (tertiary/aromatic N) is 1. The van der Waals surface area contributed by atoms with Gasteiger partial charge in [0.15, 0.2) is 0 Å². The van der Waals surface area contributed by atoms with Crippen molar-refractivity contribution in [2.45, 2.75) is 12.8 Å². The summed E-state index contributed by atoms with van der Waals surface area (Å²) in [5.41, 5.74) is 0.895. The molecule has 23 heavy (non-hydrogen) atoms. The second-order valence-corrected chi connectivity index (χ2v) is 6.56. The first-order valence-corrected chi connectivity index (χ1v) is 7.92. The highest BCUT2D eigenvalue weighted by Gasteiger charge is 2.42. The van der Waals surface area contributed by atoms with Crippen LogP contribution in [0.5, 0.6) is 0 Å². The molecule has 0 radical (unpaired) electrons. The zero-order valence-electron chi connectivity index (χ0n) is 12.9. The molecule has 2 aliphatic heterocycles. The number of nitrogens with one attached hydrogen (secondary N) is 1. The Morgan fingerprint density at radius 1 is 1.35 bits per heavy atom. The SMILES string of the molecule is COC(=O)c1cc(Cl)cc(NC(=O)N2CC[C@]3(CCOC3)C2)c1. The molecule has 6 nitrogen and oxygen atoms in total. The van der Waals surface area contributed by atoms with Crippen LogP contribution in [0.2, 0.25) is 5.02 Å². The maximum absolute atomic E-state index is 12.4. The van der Waals surface area contributed by atoms with E-state index in [1.165, 1.54) is 13.2 Å². The monoisotopic (exact) mass is 338 g/mol. The Morgan fingerprint density at radius 3 is 2.87 bits per heavy atom. The van der Waals surface area contributed by atoms with Crippen LogP contribution in [0.4, 0.5) is 10.5 Å². The van der Waals surface area contributed by atoms with Crippen molar-refractivity contribution in [3.05, 3.63) is 28.8 Å². The van der Waals surface area contributed by atoms with Crippen molar-refractivity contribution in [2.75, 3.05) is 38.7 Å². The molecule has 0 bridgehead atoms. The molecule has 0 aromatic heterocycles. The summed E-state index contributed by atoms with van der Waals surface area (Å²) in [6.45, 7) is 2.90. The summed E-state index contributed by atoms with van der Waals surface area (Å²) >= 11 is 6.00. The summed E-state index contributed by atoms with van der Waals surface area (Å²) in [6, 6.07) is 4.48. The molecule has 0 unspecified atom stereocenters. The zero-order chi connectivity index (χ0) is 16.4. The van der Waals surface area contributed by atoms with Crippen molar-refractivity contribution in [3.63, 3.8) is 0 Å². The molecule has 1 aromatic rings. The van der Waals surface area contributed by atoms with Gasteiger partial charge in [0.05, 0.1) is 19.3 Å². The third-order valence-electron chi connectivity index (χ3n) is 4.48. The highest BCUT2D eigenvalue weighted by Crippen LogP contribution is 2.38. The maximum Gasteiger partial charge on any atom is 0.337 e. The number of likely N-dealkylation sites (tertiary alicyclic amines) is 1. The van der Waals surface area contributed by atoms with Crippen molar-refractivity contribution >= 4 is 29.3 Å². The molecule has 2 saturated heterocycles. The number of hydrogen-bond donors (Lipinski definition) is 1. The minimum atomic E-state index is -0.494. The molecule has 1 atom stereocenters. The Hall–Kier alpha value is -1.79. The molecule has 7 heteroatoms. The normalized spacial score (nSPS) is 23.3. The van der Waals surface area contributed by atoms with Crippen molar-refractivity contribution in [1.82, 2.24) is 4.90 Å². The van der Waals surface area contributed by atoms with Crippen molar-refractivity contribution in [3.8, 4) is 0 Å². The van der Waals surface area contributed by atoms with Gasteiger partial charge in [-0.1, -0.05) is 11.6 Å². The fourth-order valence-electron chi connectivity index (χ4n) is 3.18. The van der Waals surface area contributed by atoms with Crippen molar-refractivity contribution in [1.29, 1.82) is 0 Å². The Bertz CT molecular complexity index is 629. The van der Waals surface area contributed by atoms with E-state index in [4.69, 9.17) is 16.3 Å². The fraction of sp³-hybridized carbons (Fsp3) is 0.500. The lowest BCUT2D eigenvalue weighted by Gasteiger charge is -2.22. The molecule has 3 rings (SSSR count). The minimum absolute atomic E-state index is 0.114. The van der Waals surface area contributed by atoms with E-state index in [0.29, 0.717) is 29.4 Å². The van der Waals surface area contributed by atoms with E-state index < -0.39 is 5.97 Å². The molecule has 2 amide bonds. The Balaban J connectivity index is 1.68. The van der Waals surface area contributed by atoms with E-state index in [2.05, 4.69) is 10.1 Å². The number of anilines is 1. The number of amides is 2. The van der Waals surface area contributed by atoms with E-state index in [1.54, 1.807) is 17.0 Å². The van der Waals surface area contributed by atoms with Gasteiger partial charge in [-0.05, 0) is 31.0 Å². The number of esters is 1. The number of benzene rings is 1. The van der Waals surface area contributed by atoms with Gasteiger partial charge in [-0.3, -0.25) is 0 Å². The summed E-state index contributed by atoms with van der Waals surface area (Å²) in [6.07, 6.45) is 1.96. The van der Waals surface area contributed by atoms with Gasteiger partial charge in [-0.2, -0.15) is 0 Å². The molecular weight excluding hydrogens is 320 g/mol. The average Bonchev–Trinajstić information content (AvgIpc) is 3.16. The smallest absolute Gasteiger partial charge is 0.337 e. The van der Waals surface area contributed by atoms with Crippen LogP contribution in [0.1, 0.15) is 23.2 Å². The van der Waals surface area contributed by atoms with Crippen LogP contribution in [0.25, 0.3) is 0 Å². The van der Waals surface area contributed by atoms with Crippen LogP contribution >= 0.6 is 11.6 Å². The quantitative estimate of drug-likeness (QED) is 0.842. The van der Waals surface area contributed by atoms with E-state index in [1.807, 2.05) is 0 Å². The van der Waals surface area contributed by atoms with E-state index in [9.17, 15) is 9.59 Å². The summed E-state index contributed by atoms with van der Waals surface area (Å²) in [5, 5.41) is 3.17. The Kier molecular flexibility index (Phi) is 4.46. The molecule has 2 fully saturated rings. The summed E-state index contributed by atoms with van der Waals surface area (Å²) < 4.78 is 10.2. The third-order valence-corrected chi connectivity index (χ3v) is 4.70. The standard InChI is InChI=1S/C16H19ClN2O4/c1-22-14(20)11-6-12(17)8-13(7-11)18-15(21)19-4-2-16(9-19)3-5-23-10-16/h6-8H,2-5,9-10H2,1H3,(H,18,21)/t16-/m0/s1. The number of methoxy groups -OCH3 is 1. The van der Waals surface area contributed by atoms with Gasteiger partial charge >= 0.3 is 12.0 Å². The van der Waals surface area contributed by atoms with Gasteiger partial charge in [0.2, 0.25) is 0 Å². The molecule has 2 aliphatic rings. The first kappa shape index (κ1) is 16.1. The molecule has 1 spiro atoms. The second kappa shape index (κ2) is 6.37. The van der Waals surface area contributed by atoms with E-state index in [-0.39, 0.29) is 11.4 Å². The van der Waals surface area contributed by atoms with Crippen LogP contribution in [-0.4, -0.2) is 50.3 Å². The lowest BCUT2D eigenvalue weighted by molar-refractivity contribution is 0.0600. The van der Waals surface area contributed by atoms with Crippen LogP contribution in [0.3, 0.4) is 0 Å². The molecule has 1 aromatic carbocycles. The Morgan fingerprint density at radius 2 is 2.17 bits per heavy atom. The van der Waals surface area contributed by atoms with Gasteiger partial charge in [0.25, 0.3) is 0 Å². The molecule has 2 heterocycles. The van der Waals surface area contributed by atoms with Gasteiger partial charge < -0.3 is 19.7 Å². The maximum atomic E-state index is 12.4. The number of carbonyl (C=O) groups excluding carboxylic acids is 2. The van der Waals surface area contributed by atoms with Crippen molar-refractivity contribution in [2.24, 2.45) is 5.41 Å². The van der Waals surface area contributed by atoms with E-state index >= 15 is 0 Å². The predicted molar refractivity (Wildman–Crippen MR) is 85.9 cm³/mol. The highest BCUT2D eigenvalue weighted by atomic mass is 35.5. The van der Waals surface area contributed by atoms with Crippen LogP contribution in [-0.2, 0) is 9.47 Å². The lowest BCUT2D eigenvalue weighted by Crippen LogP contribution is -2.35. The topological polar surface area (TPSA) is 67.9 Å². The molecule has 124 valence electrons. The number of urea groups is 1. The second-order valence-electron chi connectivity index (χ2n) is 6.12. The largest absolute Gasteiger partial charge is 0.465 e. The average molecular weight is 339 g/mol. The number of rotatable bonds is 2. The lowest BCUT2D eigenvalue weighted by atomic mass is 9.87. The zero-order valence-corrected chi connectivity index (χ0v) is 13.7. The number of carbonyl (C=O) groups is 2. The molecule has 0 saturated carbocycles. The number of ether oxygens (including phenoxy) is 2. The summed E-state index contributed by atoms with van der Waals surface area (Å²) in [4.78, 5) is 25.8. The molecular formula is C16H19ClN2O4. The Labute approximate surface area is 139 Å². The van der Waals surface area contributed by atoms with Gasteiger partial charge in [0, 0.05) is 35.8 Å².